The van der Waals surface area contributed by atoms with Crippen LogP contribution in [0.5, 0.6) is 0 Å². The second kappa shape index (κ2) is 8.46. The van der Waals surface area contributed by atoms with Gasteiger partial charge in [-0.15, -0.1) is 0 Å². The molecule has 0 aliphatic rings. The van der Waals surface area contributed by atoms with E-state index in [0.717, 1.165) is 47.2 Å². The summed E-state index contributed by atoms with van der Waals surface area (Å²) in [4.78, 5) is 8.97. The van der Waals surface area contributed by atoms with Gasteiger partial charge in [0.1, 0.15) is 11.6 Å². The molecule has 136 valence electrons. The van der Waals surface area contributed by atoms with Crippen LogP contribution in [-0.2, 0) is 12.8 Å². The Balaban J connectivity index is 1.96. The van der Waals surface area contributed by atoms with Gasteiger partial charge in [-0.3, -0.25) is 0 Å². The first-order valence-electron chi connectivity index (χ1n) is 9.32. The molecule has 2 N–H and O–H groups in total. The molecular weight excluding hydrogens is 332 g/mol. The zero-order valence-electron chi connectivity index (χ0n) is 15.9. The van der Waals surface area contributed by atoms with Gasteiger partial charge in [-0.2, -0.15) is 5.26 Å². The Labute approximate surface area is 160 Å². The van der Waals surface area contributed by atoms with E-state index in [4.69, 9.17) is 5.73 Å². The molecule has 0 saturated heterocycles. The number of hydrogen-bond donors (Lipinski definition) is 1. The summed E-state index contributed by atoms with van der Waals surface area (Å²) in [6.07, 6.45) is 3.70. The molecule has 0 radical (unpaired) electrons. The monoisotopic (exact) mass is 356 g/mol. The molecule has 0 bridgehead atoms. The highest BCUT2D eigenvalue weighted by Crippen LogP contribution is 2.26. The molecule has 27 heavy (non-hydrogen) atoms. The number of nitriles is 1. The molecule has 1 aromatic heterocycles. The van der Waals surface area contributed by atoms with Crippen LogP contribution in [0.25, 0.3) is 11.1 Å². The van der Waals surface area contributed by atoms with E-state index in [9.17, 15) is 5.26 Å². The molecule has 1 heterocycles. The zero-order valence-corrected chi connectivity index (χ0v) is 15.9. The number of anilines is 1. The molecule has 3 rings (SSSR count). The maximum absolute atomic E-state index is 9.63. The highest BCUT2D eigenvalue weighted by Gasteiger charge is 2.13. The minimum Gasteiger partial charge on any atom is -0.383 e. The molecule has 0 unspecified atom stereocenters. The first kappa shape index (κ1) is 18.6. The first-order chi connectivity index (χ1) is 13.1. The average molecular weight is 356 g/mol. The fourth-order valence-electron chi connectivity index (χ4n) is 3.29. The van der Waals surface area contributed by atoms with E-state index in [-0.39, 0.29) is 0 Å². The number of aromatic nitrogens is 2. The molecule has 0 fully saturated rings. The van der Waals surface area contributed by atoms with Crippen molar-refractivity contribution in [3.05, 3.63) is 76.7 Å². The minimum atomic E-state index is 0.541. The standard InChI is InChI=1S/C23H24N4/c1-3-4-10-22-21(23(25)27-16(2)26-22)14-17-11-12-20(19(13-17)15-24)18-8-6-5-7-9-18/h5-9,11-13H,3-4,10,14H2,1-2H3,(H2,25,26,27). The van der Waals surface area contributed by atoms with E-state index in [0.29, 0.717) is 23.6 Å². The van der Waals surface area contributed by atoms with Crippen molar-refractivity contribution in [1.29, 1.82) is 5.26 Å². The van der Waals surface area contributed by atoms with Crippen LogP contribution >= 0.6 is 0 Å². The summed E-state index contributed by atoms with van der Waals surface area (Å²) in [6, 6.07) is 18.3. The third-order valence-electron chi connectivity index (χ3n) is 4.67. The van der Waals surface area contributed by atoms with Crippen molar-refractivity contribution in [3.63, 3.8) is 0 Å². The topological polar surface area (TPSA) is 75.6 Å². The fourth-order valence-corrected chi connectivity index (χ4v) is 3.29. The van der Waals surface area contributed by atoms with Crippen LogP contribution in [0.15, 0.2) is 48.5 Å². The first-order valence-corrected chi connectivity index (χ1v) is 9.32. The SMILES string of the molecule is CCCCc1nc(C)nc(N)c1Cc1ccc(-c2ccccc2)c(C#N)c1. The second-order valence-corrected chi connectivity index (χ2v) is 6.72. The minimum absolute atomic E-state index is 0.541. The number of nitrogens with two attached hydrogens (primary N) is 1. The van der Waals surface area contributed by atoms with Gasteiger partial charge in [0.25, 0.3) is 0 Å². The van der Waals surface area contributed by atoms with E-state index < -0.39 is 0 Å². The number of rotatable bonds is 6. The lowest BCUT2D eigenvalue weighted by Crippen LogP contribution is -2.09. The molecule has 0 amide bonds. The summed E-state index contributed by atoms with van der Waals surface area (Å²) in [7, 11) is 0. The Kier molecular flexibility index (Phi) is 5.83. The third-order valence-corrected chi connectivity index (χ3v) is 4.67. The van der Waals surface area contributed by atoms with E-state index in [1.54, 1.807) is 0 Å². The van der Waals surface area contributed by atoms with E-state index in [2.05, 4.69) is 29.0 Å². The van der Waals surface area contributed by atoms with Crippen molar-refractivity contribution < 1.29 is 0 Å². The predicted molar refractivity (Wildman–Crippen MR) is 109 cm³/mol. The lowest BCUT2D eigenvalue weighted by Gasteiger charge is -2.13. The van der Waals surface area contributed by atoms with Crippen LogP contribution in [0.1, 0.15) is 48.0 Å². The lowest BCUT2D eigenvalue weighted by molar-refractivity contribution is 0.758. The predicted octanol–water partition coefficient (Wildman–Crippen LogP) is 4.84. The van der Waals surface area contributed by atoms with Gasteiger partial charge in [-0.05, 0) is 42.5 Å². The van der Waals surface area contributed by atoms with Crippen molar-refractivity contribution in [2.24, 2.45) is 0 Å². The van der Waals surface area contributed by atoms with Gasteiger partial charge in [-0.25, -0.2) is 9.97 Å². The molecule has 4 nitrogen and oxygen atoms in total. The van der Waals surface area contributed by atoms with Crippen LogP contribution in [0.4, 0.5) is 5.82 Å². The normalized spacial score (nSPS) is 10.6. The van der Waals surface area contributed by atoms with E-state index >= 15 is 0 Å². The average Bonchev–Trinajstić information content (AvgIpc) is 2.69. The van der Waals surface area contributed by atoms with Gasteiger partial charge in [0.05, 0.1) is 11.6 Å². The van der Waals surface area contributed by atoms with E-state index in [1.165, 1.54) is 0 Å². The quantitative estimate of drug-likeness (QED) is 0.686. The summed E-state index contributed by atoms with van der Waals surface area (Å²) in [5.41, 5.74) is 11.9. The molecule has 3 aromatic rings. The Bertz CT molecular complexity index is 972. The Hall–Kier alpha value is -3.19. The molecule has 4 heteroatoms. The van der Waals surface area contributed by atoms with Gasteiger partial charge in [0, 0.05) is 17.7 Å². The lowest BCUT2D eigenvalue weighted by atomic mass is 9.95. The third kappa shape index (κ3) is 4.32. The summed E-state index contributed by atoms with van der Waals surface area (Å²) in [6.45, 7) is 4.04. The van der Waals surface area contributed by atoms with Crippen molar-refractivity contribution >= 4 is 5.82 Å². The van der Waals surface area contributed by atoms with Crippen molar-refractivity contribution in [3.8, 4) is 17.2 Å². The second-order valence-electron chi connectivity index (χ2n) is 6.72. The van der Waals surface area contributed by atoms with Crippen LogP contribution in [0.3, 0.4) is 0 Å². The zero-order chi connectivity index (χ0) is 19.2. The highest BCUT2D eigenvalue weighted by atomic mass is 14.9. The number of benzene rings is 2. The molecule has 2 aromatic carbocycles. The summed E-state index contributed by atoms with van der Waals surface area (Å²) in [5, 5.41) is 9.63. The molecule has 0 aliphatic carbocycles. The van der Waals surface area contributed by atoms with Crippen molar-refractivity contribution in [1.82, 2.24) is 9.97 Å². The summed E-state index contributed by atoms with van der Waals surface area (Å²) < 4.78 is 0. The Morgan fingerprint density at radius 2 is 1.85 bits per heavy atom. The van der Waals surface area contributed by atoms with Crippen molar-refractivity contribution in [2.45, 2.75) is 39.5 Å². The van der Waals surface area contributed by atoms with Crippen LogP contribution in [0, 0.1) is 18.3 Å². The van der Waals surface area contributed by atoms with Crippen LogP contribution in [-0.4, -0.2) is 9.97 Å². The highest BCUT2D eigenvalue weighted by molar-refractivity contribution is 5.71. The maximum atomic E-state index is 9.63. The number of nitrogens with zero attached hydrogens (tertiary/aromatic N) is 3. The number of unbranched alkanes of at least 4 members (excludes halogenated alkanes) is 1. The molecule has 0 saturated carbocycles. The van der Waals surface area contributed by atoms with Crippen LogP contribution < -0.4 is 5.73 Å². The summed E-state index contributed by atoms with van der Waals surface area (Å²) >= 11 is 0. The largest absolute Gasteiger partial charge is 0.383 e. The number of hydrogen-bond acceptors (Lipinski definition) is 4. The number of aryl methyl sites for hydroxylation is 2. The maximum Gasteiger partial charge on any atom is 0.130 e. The smallest absolute Gasteiger partial charge is 0.130 e. The van der Waals surface area contributed by atoms with Gasteiger partial charge >= 0.3 is 0 Å². The van der Waals surface area contributed by atoms with Gasteiger partial charge in [0.15, 0.2) is 0 Å². The van der Waals surface area contributed by atoms with Gasteiger partial charge in [0.2, 0.25) is 0 Å². The molecule has 0 aliphatic heterocycles. The Morgan fingerprint density at radius 3 is 2.56 bits per heavy atom. The molecule has 0 atom stereocenters. The van der Waals surface area contributed by atoms with E-state index in [1.807, 2.05) is 49.4 Å². The van der Waals surface area contributed by atoms with Gasteiger partial charge < -0.3 is 5.73 Å². The Morgan fingerprint density at radius 1 is 1.07 bits per heavy atom. The molecule has 0 spiro atoms. The van der Waals surface area contributed by atoms with Crippen LogP contribution in [0.2, 0.25) is 0 Å². The van der Waals surface area contributed by atoms with Crippen molar-refractivity contribution in [2.75, 3.05) is 5.73 Å². The fraction of sp³-hybridized carbons (Fsp3) is 0.261. The number of nitrogen functional groups attached to an aromatic ring is 1. The summed E-state index contributed by atoms with van der Waals surface area (Å²) in [5.74, 6) is 1.25. The molecular formula is C23H24N4. The van der Waals surface area contributed by atoms with Gasteiger partial charge in [-0.1, -0.05) is 55.8 Å².